The van der Waals surface area contributed by atoms with Crippen LogP contribution in [0.15, 0.2) is 59.8 Å². The molecule has 0 amide bonds. The number of aliphatic hydroxyl groups is 1. The molecule has 4 rings (SSSR count). The van der Waals surface area contributed by atoms with Crippen molar-refractivity contribution in [2.75, 3.05) is 29.6 Å². The Hall–Kier alpha value is -4.31. The number of nitrogens with zero attached hydrogens (tertiary/aromatic N) is 4. The third-order valence-corrected chi connectivity index (χ3v) is 6.14. The van der Waals surface area contributed by atoms with Gasteiger partial charge >= 0.3 is 12.1 Å². The number of benzene rings is 2. The second kappa shape index (κ2) is 12.0. The number of halogens is 4. The normalized spacial score (nSPS) is 11.5. The summed E-state index contributed by atoms with van der Waals surface area (Å²) in [6, 6.07) is 11.7. The first-order valence-electron chi connectivity index (χ1n) is 11.0. The molecule has 0 radical (unpaired) electrons. The Morgan fingerprint density at radius 3 is 2.49 bits per heavy atom. The summed E-state index contributed by atoms with van der Waals surface area (Å²) in [5, 5.41) is 27.1. The molecule has 0 aliphatic carbocycles. The number of aliphatic hydroxyl groups excluding tert-OH is 1. The molecular weight excluding hydrogens is 548 g/mol. The number of aromatic nitrogens is 4. The van der Waals surface area contributed by atoms with E-state index in [0.717, 1.165) is 23.4 Å². The fourth-order valence-corrected chi connectivity index (χ4v) is 3.97. The highest BCUT2D eigenvalue weighted by atomic mass is 32.2. The van der Waals surface area contributed by atoms with Gasteiger partial charge in [-0.15, -0.1) is 0 Å². The Morgan fingerprint density at radius 2 is 1.85 bits per heavy atom. The summed E-state index contributed by atoms with van der Waals surface area (Å²) in [5.41, 5.74) is 1.90. The van der Waals surface area contributed by atoms with Crippen molar-refractivity contribution in [1.29, 1.82) is 0 Å². The van der Waals surface area contributed by atoms with Crippen molar-refractivity contribution in [3.8, 4) is 0 Å². The van der Waals surface area contributed by atoms with E-state index in [1.807, 2.05) is 18.2 Å². The first-order valence-corrected chi connectivity index (χ1v) is 12.9. The van der Waals surface area contributed by atoms with Crippen molar-refractivity contribution in [3.05, 3.63) is 60.7 Å². The molecule has 11 nitrogen and oxygen atoms in total. The Morgan fingerprint density at radius 1 is 1.15 bits per heavy atom. The van der Waals surface area contributed by atoms with Crippen LogP contribution in [-0.2, 0) is 14.6 Å². The molecule has 2 heterocycles. The molecule has 0 fully saturated rings. The van der Waals surface area contributed by atoms with Crippen molar-refractivity contribution >= 4 is 49.9 Å². The maximum absolute atomic E-state index is 14.9. The molecule has 2 aromatic heterocycles. The topological polar surface area (TPSA) is 161 Å². The monoisotopic (exact) mass is 570 g/mol. The number of H-pyrrole nitrogens is 1. The highest BCUT2D eigenvalue weighted by molar-refractivity contribution is 7.90. The first-order chi connectivity index (χ1) is 18.3. The van der Waals surface area contributed by atoms with Gasteiger partial charge in [-0.05, 0) is 36.8 Å². The molecule has 0 bridgehead atoms. The quantitative estimate of drug-likeness (QED) is 0.229. The van der Waals surface area contributed by atoms with Crippen molar-refractivity contribution < 1.29 is 41.0 Å². The Kier molecular flexibility index (Phi) is 9.03. The van der Waals surface area contributed by atoms with E-state index in [2.05, 4.69) is 25.5 Å². The molecule has 0 atom stereocenters. The van der Waals surface area contributed by atoms with Crippen LogP contribution in [0.4, 0.5) is 40.7 Å². The summed E-state index contributed by atoms with van der Waals surface area (Å²) < 4.78 is 70.2. The predicted octanol–water partition coefficient (Wildman–Crippen LogP) is 3.79. The van der Waals surface area contributed by atoms with E-state index in [0.29, 0.717) is 24.3 Å². The molecule has 2 aromatic carbocycles. The maximum atomic E-state index is 14.9. The number of nitrogens with one attached hydrogen (secondary N) is 2. The number of alkyl halides is 3. The number of hydrogen-bond donors (Lipinski definition) is 4. The lowest BCUT2D eigenvalue weighted by atomic mass is 10.2. The molecule has 4 aromatic rings. The number of fused-ring (bicyclic) bond motifs is 1. The Labute approximate surface area is 219 Å². The van der Waals surface area contributed by atoms with Gasteiger partial charge in [0.1, 0.15) is 0 Å². The van der Waals surface area contributed by atoms with E-state index in [1.165, 1.54) is 12.1 Å². The van der Waals surface area contributed by atoms with Crippen LogP contribution in [0.2, 0.25) is 0 Å². The highest BCUT2D eigenvalue weighted by Crippen LogP contribution is 2.32. The number of carboxylic acids is 1. The van der Waals surface area contributed by atoms with Crippen LogP contribution < -0.4 is 10.2 Å². The van der Waals surface area contributed by atoms with Gasteiger partial charge in [0.25, 0.3) is 0 Å². The fourth-order valence-electron chi connectivity index (χ4n) is 3.30. The van der Waals surface area contributed by atoms with Crippen molar-refractivity contribution in [2.45, 2.75) is 17.5 Å². The lowest BCUT2D eigenvalue weighted by Gasteiger charge is -2.25. The van der Waals surface area contributed by atoms with Gasteiger partial charge in [0.2, 0.25) is 5.95 Å². The van der Waals surface area contributed by atoms with E-state index >= 15 is 0 Å². The standard InChI is InChI=1S/C21H21FN6O3S.C2HF3O2/c1-32(30,31)15-6-2-5-14(11-15)25-21-23-13-17(22)20(26-21)28(9-4-10-29)19-8-3-7-18-16(19)12-24-27-18;3-2(4,5)1(6)7/h2-3,5-8,11-13,29H,4,9-10H2,1H3,(H,24,27)(H,23,25,26);(H,6,7). The molecule has 0 spiro atoms. The van der Waals surface area contributed by atoms with Crippen LogP contribution in [0.25, 0.3) is 10.9 Å². The van der Waals surface area contributed by atoms with Gasteiger partial charge in [0.05, 0.1) is 28.5 Å². The average Bonchev–Trinajstić information content (AvgIpc) is 3.35. The lowest BCUT2D eigenvalue weighted by Crippen LogP contribution is -2.22. The minimum atomic E-state index is -5.08. The van der Waals surface area contributed by atoms with Crippen molar-refractivity contribution in [3.63, 3.8) is 0 Å². The summed E-state index contributed by atoms with van der Waals surface area (Å²) in [4.78, 5) is 19.0. The van der Waals surface area contributed by atoms with Crippen molar-refractivity contribution in [2.24, 2.45) is 0 Å². The second-order valence-electron chi connectivity index (χ2n) is 7.93. The Balaban J connectivity index is 0.000000532. The van der Waals surface area contributed by atoms with Crippen molar-refractivity contribution in [1.82, 2.24) is 20.2 Å². The molecule has 208 valence electrons. The number of aliphatic carboxylic acids is 1. The molecule has 0 aliphatic rings. The number of anilines is 4. The van der Waals surface area contributed by atoms with Crippen LogP contribution in [0.5, 0.6) is 0 Å². The number of hydrogen-bond acceptors (Lipinski definition) is 9. The summed E-state index contributed by atoms with van der Waals surface area (Å²) >= 11 is 0. The van der Waals surface area contributed by atoms with Crippen LogP contribution in [-0.4, -0.2) is 70.3 Å². The molecule has 0 saturated heterocycles. The molecule has 0 saturated carbocycles. The number of carbonyl (C=O) groups is 1. The van der Waals surface area contributed by atoms with Crippen LogP contribution >= 0.6 is 0 Å². The fraction of sp³-hybridized carbons (Fsp3) is 0.217. The zero-order valence-corrected chi connectivity index (χ0v) is 21.0. The van der Waals surface area contributed by atoms with E-state index in [4.69, 9.17) is 9.90 Å². The second-order valence-corrected chi connectivity index (χ2v) is 9.95. The average molecular weight is 571 g/mol. The van der Waals surface area contributed by atoms with Gasteiger partial charge in [-0.2, -0.15) is 23.3 Å². The van der Waals surface area contributed by atoms with E-state index in [9.17, 15) is 31.1 Å². The molecule has 39 heavy (non-hydrogen) atoms. The molecule has 0 unspecified atom stereocenters. The lowest BCUT2D eigenvalue weighted by molar-refractivity contribution is -0.192. The Bertz CT molecular complexity index is 1560. The molecule has 0 aliphatic heterocycles. The number of rotatable bonds is 8. The van der Waals surface area contributed by atoms with Gasteiger partial charge in [-0.1, -0.05) is 12.1 Å². The third-order valence-electron chi connectivity index (χ3n) is 5.03. The zero-order chi connectivity index (χ0) is 28.8. The van der Waals surface area contributed by atoms with Crippen LogP contribution in [0.3, 0.4) is 0 Å². The van der Waals surface area contributed by atoms with Gasteiger partial charge in [0, 0.05) is 30.5 Å². The summed E-state index contributed by atoms with van der Waals surface area (Å²) in [7, 11) is -3.39. The SMILES string of the molecule is CS(=O)(=O)c1cccc(Nc2ncc(F)c(N(CCCO)c3cccc4[nH]ncc34)n2)c1.O=C(O)C(F)(F)F. The van der Waals surface area contributed by atoms with E-state index in [-0.39, 0.29) is 23.3 Å². The highest BCUT2D eigenvalue weighted by Gasteiger charge is 2.38. The summed E-state index contributed by atoms with van der Waals surface area (Å²) in [6.07, 6.45) is -0.886. The van der Waals surface area contributed by atoms with Crippen LogP contribution in [0.1, 0.15) is 6.42 Å². The first kappa shape index (κ1) is 29.2. The van der Waals surface area contributed by atoms with E-state index < -0.39 is 27.8 Å². The van der Waals surface area contributed by atoms with E-state index in [1.54, 1.807) is 23.2 Å². The largest absolute Gasteiger partial charge is 0.490 e. The predicted molar refractivity (Wildman–Crippen MR) is 133 cm³/mol. The minimum absolute atomic E-state index is 0.0175. The number of aromatic amines is 1. The van der Waals surface area contributed by atoms with Gasteiger partial charge in [-0.25, -0.2) is 22.6 Å². The van der Waals surface area contributed by atoms with Crippen LogP contribution in [0, 0.1) is 5.82 Å². The number of sulfone groups is 1. The maximum Gasteiger partial charge on any atom is 0.490 e. The summed E-state index contributed by atoms with van der Waals surface area (Å²) in [5.74, 6) is -3.28. The van der Waals surface area contributed by atoms with Gasteiger partial charge < -0.3 is 20.4 Å². The number of carboxylic acid groups (broad SMARTS) is 1. The summed E-state index contributed by atoms with van der Waals surface area (Å²) in [6.45, 7) is 0.228. The van der Waals surface area contributed by atoms with Gasteiger partial charge in [0.15, 0.2) is 21.5 Å². The smallest absolute Gasteiger partial charge is 0.475 e. The minimum Gasteiger partial charge on any atom is -0.475 e. The molecular formula is C23H22F4N6O5S. The van der Waals surface area contributed by atoms with Gasteiger partial charge in [-0.3, -0.25) is 5.10 Å². The zero-order valence-electron chi connectivity index (χ0n) is 20.1. The third kappa shape index (κ3) is 7.61. The molecule has 16 heteroatoms. The molecule has 4 N–H and O–H groups in total.